The number of hydrogen-bond donors (Lipinski definition) is 2. The first kappa shape index (κ1) is 11.9. The Balaban J connectivity index is 4.23. The van der Waals surface area contributed by atoms with Gasteiger partial charge in [-0.25, -0.2) is 0 Å². The summed E-state index contributed by atoms with van der Waals surface area (Å²) in [5.74, 6) is -1.18. The Kier molecular flexibility index (Phi) is 5.06. The second-order valence-corrected chi connectivity index (χ2v) is 3.11. The van der Waals surface area contributed by atoms with Crippen molar-refractivity contribution >= 4 is 11.8 Å². The predicted molar refractivity (Wildman–Crippen MR) is 47.7 cm³/mol. The molecule has 0 spiro atoms. The topological polar surface area (TPSA) is 83.6 Å². The number of hydrogen-bond acceptors (Lipinski definition) is 3. The molecule has 0 aromatic rings. The van der Waals surface area contributed by atoms with Crippen LogP contribution in [0.4, 0.5) is 0 Å². The lowest BCUT2D eigenvalue weighted by atomic mass is 10.00. The third-order valence-corrected chi connectivity index (χ3v) is 1.72. The Morgan fingerprint density at radius 3 is 2.31 bits per heavy atom. The normalized spacial score (nSPS) is 12.2. The number of aliphatic hydroxyl groups excluding tert-OH is 1. The number of primary amides is 1. The van der Waals surface area contributed by atoms with Crippen LogP contribution < -0.4 is 5.73 Å². The van der Waals surface area contributed by atoms with E-state index in [0.29, 0.717) is 0 Å². The quantitative estimate of drug-likeness (QED) is 0.577. The molecule has 1 atom stereocenters. The summed E-state index contributed by atoms with van der Waals surface area (Å²) in [7, 11) is 3.21. The molecule has 76 valence electrons. The average molecular weight is 188 g/mol. The van der Waals surface area contributed by atoms with Crippen LogP contribution >= 0.6 is 0 Å². The van der Waals surface area contributed by atoms with Crippen molar-refractivity contribution in [1.29, 1.82) is 0 Å². The second kappa shape index (κ2) is 5.53. The van der Waals surface area contributed by atoms with Crippen molar-refractivity contribution in [1.82, 2.24) is 4.90 Å². The predicted octanol–water partition coefficient (Wildman–Crippen LogP) is -1.05. The first-order valence-electron chi connectivity index (χ1n) is 4.09. The van der Waals surface area contributed by atoms with Crippen molar-refractivity contribution in [2.75, 3.05) is 20.7 Å². The number of aliphatic hydroxyl groups is 1. The molecule has 0 radical (unpaired) electrons. The van der Waals surface area contributed by atoms with E-state index in [1.54, 1.807) is 14.1 Å². The molecule has 0 aliphatic rings. The van der Waals surface area contributed by atoms with Crippen molar-refractivity contribution in [2.45, 2.75) is 12.8 Å². The van der Waals surface area contributed by atoms with Gasteiger partial charge in [0.1, 0.15) is 0 Å². The molecule has 0 aromatic heterocycles. The van der Waals surface area contributed by atoms with Gasteiger partial charge < -0.3 is 15.7 Å². The molecule has 0 aliphatic carbocycles. The highest BCUT2D eigenvalue weighted by molar-refractivity contribution is 5.84. The zero-order valence-corrected chi connectivity index (χ0v) is 7.99. The number of carbonyl (C=O) groups is 2. The molecule has 0 aliphatic heterocycles. The smallest absolute Gasteiger partial charge is 0.225 e. The van der Waals surface area contributed by atoms with Gasteiger partial charge in [-0.1, -0.05) is 0 Å². The number of rotatable bonds is 5. The van der Waals surface area contributed by atoms with Gasteiger partial charge >= 0.3 is 0 Å². The zero-order chi connectivity index (χ0) is 10.4. The van der Waals surface area contributed by atoms with E-state index < -0.39 is 11.8 Å². The third kappa shape index (κ3) is 4.47. The summed E-state index contributed by atoms with van der Waals surface area (Å²) in [5.41, 5.74) is 4.97. The SMILES string of the molecule is CN(C)C(=O)C(CCO)CC(N)=O. The van der Waals surface area contributed by atoms with E-state index in [0.717, 1.165) is 0 Å². The van der Waals surface area contributed by atoms with E-state index in [2.05, 4.69) is 0 Å². The molecule has 5 heteroatoms. The van der Waals surface area contributed by atoms with Crippen LogP contribution in [0.3, 0.4) is 0 Å². The van der Waals surface area contributed by atoms with Crippen molar-refractivity contribution < 1.29 is 14.7 Å². The van der Waals surface area contributed by atoms with Crippen LogP contribution in [0.1, 0.15) is 12.8 Å². The van der Waals surface area contributed by atoms with E-state index in [9.17, 15) is 9.59 Å². The number of nitrogens with two attached hydrogens (primary N) is 1. The fourth-order valence-corrected chi connectivity index (χ4v) is 1.08. The van der Waals surface area contributed by atoms with Crippen LogP contribution in [0.25, 0.3) is 0 Å². The highest BCUT2D eigenvalue weighted by Crippen LogP contribution is 2.10. The molecule has 0 fully saturated rings. The van der Waals surface area contributed by atoms with E-state index in [1.165, 1.54) is 4.90 Å². The van der Waals surface area contributed by atoms with Crippen LogP contribution in [0.5, 0.6) is 0 Å². The van der Waals surface area contributed by atoms with E-state index in [4.69, 9.17) is 10.8 Å². The maximum atomic E-state index is 11.4. The summed E-state index contributed by atoms with van der Waals surface area (Å²) in [6.07, 6.45) is 0.275. The molecule has 13 heavy (non-hydrogen) atoms. The van der Waals surface area contributed by atoms with Crippen molar-refractivity contribution in [3.05, 3.63) is 0 Å². The van der Waals surface area contributed by atoms with Crippen LogP contribution in [-0.2, 0) is 9.59 Å². The Morgan fingerprint density at radius 1 is 1.46 bits per heavy atom. The summed E-state index contributed by atoms with van der Waals surface area (Å²) >= 11 is 0. The molecule has 0 saturated heterocycles. The van der Waals surface area contributed by atoms with Crippen LogP contribution in [0.2, 0.25) is 0 Å². The number of amides is 2. The molecular weight excluding hydrogens is 172 g/mol. The van der Waals surface area contributed by atoms with Gasteiger partial charge in [-0.3, -0.25) is 9.59 Å². The molecule has 0 aromatic carbocycles. The summed E-state index contributed by atoms with van der Waals surface area (Å²) in [4.78, 5) is 23.3. The van der Waals surface area contributed by atoms with E-state index >= 15 is 0 Å². The molecule has 0 saturated carbocycles. The van der Waals surface area contributed by atoms with Gasteiger partial charge in [-0.05, 0) is 6.42 Å². The fourth-order valence-electron chi connectivity index (χ4n) is 1.08. The van der Waals surface area contributed by atoms with Crippen molar-refractivity contribution in [2.24, 2.45) is 11.7 Å². The van der Waals surface area contributed by atoms with Crippen molar-refractivity contribution in [3.8, 4) is 0 Å². The lowest BCUT2D eigenvalue weighted by Crippen LogP contribution is -2.33. The first-order chi connectivity index (χ1) is 5.99. The monoisotopic (exact) mass is 188 g/mol. The van der Waals surface area contributed by atoms with Gasteiger partial charge in [-0.15, -0.1) is 0 Å². The molecule has 0 rings (SSSR count). The first-order valence-corrected chi connectivity index (χ1v) is 4.09. The molecule has 3 N–H and O–H groups in total. The van der Waals surface area contributed by atoms with E-state index in [1.807, 2.05) is 0 Å². The lowest BCUT2D eigenvalue weighted by molar-refractivity contribution is -0.136. The van der Waals surface area contributed by atoms with Crippen LogP contribution in [0.15, 0.2) is 0 Å². The van der Waals surface area contributed by atoms with E-state index in [-0.39, 0.29) is 25.4 Å². The Labute approximate surface area is 77.5 Å². The molecule has 5 nitrogen and oxygen atoms in total. The molecule has 1 unspecified atom stereocenters. The minimum Gasteiger partial charge on any atom is -0.396 e. The largest absolute Gasteiger partial charge is 0.396 e. The summed E-state index contributed by atoms with van der Waals surface area (Å²) in [6.45, 7) is -0.114. The molecule has 0 heterocycles. The molecule has 2 amide bonds. The summed E-state index contributed by atoms with van der Waals surface area (Å²) in [5, 5.41) is 8.66. The summed E-state index contributed by atoms with van der Waals surface area (Å²) < 4.78 is 0. The van der Waals surface area contributed by atoms with Crippen LogP contribution in [-0.4, -0.2) is 42.5 Å². The van der Waals surface area contributed by atoms with Gasteiger partial charge in [-0.2, -0.15) is 0 Å². The molecule has 0 bridgehead atoms. The average Bonchev–Trinajstić information content (AvgIpc) is 2.01. The van der Waals surface area contributed by atoms with Gasteiger partial charge in [0.2, 0.25) is 11.8 Å². The second-order valence-electron chi connectivity index (χ2n) is 3.11. The highest BCUT2D eigenvalue weighted by atomic mass is 16.3. The van der Waals surface area contributed by atoms with Gasteiger partial charge in [0.05, 0.1) is 0 Å². The Morgan fingerprint density at radius 2 is 2.00 bits per heavy atom. The number of nitrogens with zero attached hydrogens (tertiary/aromatic N) is 1. The Bertz CT molecular complexity index is 192. The lowest BCUT2D eigenvalue weighted by Gasteiger charge is -2.18. The van der Waals surface area contributed by atoms with Gasteiger partial charge in [0.25, 0.3) is 0 Å². The van der Waals surface area contributed by atoms with Gasteiger partial charge in [0, 0.05) is 33.0 Å². The van der Waals surface area contributed by atoms with Gasteiger partial charge in [0.15, 0.2) is 0 Å². The highest BCUT2D eigenvalue weighted by Gasteiger charge is 2.21. The zero-order valence-electron chi connectivity index (χ0n) is 7.99. The van der Waals surface area contributed by atoms with Crippen molar-refractivity contribution in [3.63, 3.8) is 0 Å². The molecular formula is C8H16N2O3. The standard InChI is InChI=1S/C8H16N2O3/c1-10(2)8(13)6(3-4-11)5-7(9)12/h6,11H,3-5H2,1-2H3,(H2,9,12). The maximum absolute atomic E-state index is 11.4. The third-order valence-electron chi connectivity index (χ3n) is 1.72. The summed E-state index contributed by atoms with van der Waals surface area (Å²) in [6, 6.07) is 0. The minimum absolute atomic E-state index is 0.00241. The minimum atomic E-state index is -0.520. The maximum Gasteiger partial charge on any atom is 0.225 e. The number of carbonyl (C=O) groups excluding carboxylic acids is 2. The Hall–Kier alpha value is -1.10. The van der Waals surface area contributed by atoms with Crippen LogP contribution in [0, 0.1) is 5.92 Å². The fraction of sp³-hybridized carbons (Fsp3) is 0.750.